The third-order valence-electron chi connectivity index (χ3n) is 21.7. The smallest absolute Gasteiger partial charge is 0.340 e. The second-order valence-corrected chi connectivity index (χ2v) is 25.6. The Kier molecular flexibility index (Phi) is 14.8. The van der Waals surface area contributed by atoms with Gasteiger partial charge in [0.15, 0.2) is 17.8 Å². The lowest BCUT2D eigenvalue weighted by molar-refractivity contribution is -0.205. The molecular weight excluding hydrogens is 1020 g/mol. The number of carbonyl (C=O) groups is 2. The molecule has 81 heavy (non-hydrogen) atoms. The predicted molar refractivity (Wildman–Crippen MR) is 309 cm³/mol. The van der Waals surface area contributed by atoms with Crippen LogP contribution in [0.25, 0.3) is 11.0 Å². The molecule has 1 aromatic heterocycles. The van der Waals surface area contributed by atoms with Crippen molar-refractivity contribution in [3.8, 4) is 5.75 Å². The van der Waals surface area contributed by atoms with Crippen LogP contribution in [0.5, 0.6) is 5.75 Å². The molecule has 0 saturated heterocycles. The van der Waals surface area contributed by atoms with Crippen molar-refractivity contribution in [3.63, 3.8) is 0 Å². The number of hydrogen-bond donors (Lipinski definition) is 3. The number of aliphatic hydroxyl groups excluding tert-OH is 3. The SMILES string of the molecule is COCC(CCO)c1c(CO)c2ccc3c(c2oc1=O)C1OC(=O)CC2CC(c4cccc5c4CCC4CCCC6CCc7ccccc7C564)C=CC2c2ccc4c(c2)CCC2CCCCC2C(C)(O3)C1OC(=O)C(=C(C)CO)CC4. The van der Waals surface area contributed by atoms with E-state index in [0.29, 0.717) is 52.5 Å². The van der Waals surface area contributed by atoms with Gasteiger partial charge in [0.2, 0.25) is 0 Å². The van der Waals surface area contributed by atoms with Gasteiger partial charge < -0.3 is 38.7 Å². The summed E-state index contributed by atoms with van der Waals surface area (Å²) < 4.78 is 33.4. The largest absolute Gasteiger partial charge is 0.483 e. The number of hydrogen-bond acceptors (Lipinski definition) is 11. The van der Waals surface area contributed by atoms with Crippen LogP contribution in [0.3, 0.4) is 0 Å². The van der Waals surface area contributed by atoms with Gasteiger partial charge in [-0.15, -0.1) is 0 Å². The zero-order chi connectivity index (χ0) is 55.7. The number of allylic oxidation sites excluding steroid dienone is 2. The number of carbonyl (C=O) groups excluding carboxylic acids is 2. The third-order valence-corrected chi connectivity index (χ3v) is 21.7. The van der Waals surface area contributed by atoms with E-state index >= 15 is 9.59 Å². The monoisotopic (exact) mass is 1100 g/mol. The molecule has 5 aliphatic carbocycles. The van der Waals surface area contributed by atoms with E-state index in [-0.39, 0.29) is 84.4 Å². The molecule has 12 unspecified atom stereocenters. The van der Waals surface area contributed by atoms with Crippen LogP contribution in [0.1, 0.15) is 189 Å². The Morgan fingerprint density at radius 3 is 2.38 bits per heavy atom. The Labute approximate surface area is 476 Å². The molecule has 0 radical (unpaired) electrons. The lowest BCUT2D eigenvalue weighted by Crippen LogP contribution is -2.60. The van der Waals surface area contributed by atoms with Crippen molar-refractivity contribution in [3.05, 3.63) is 168 Å². The minimum atomic E-state index is -1.31. The highest BCUT2D eigenvalue weighted by atomic mass is 16.6. The third kappa shape index (κ3) is 9.08. The molecule has 11 nitrogen and oxygen atoms in total. The molecule has 12 atom stereocenters. The van der Waals surface area contributed by atoms with Crippen LogP contribution < -0.4 is 10.4 Å². The lowest BCUT2D eigenvalue weighted by Gasteiger charge is -2.57. The number of ether oxygens (including phenoxy) is 4. The van der Waals surface area contributed by atoms with Crippen LogP contribution in [0.4, 0.5) is 0 Å². The van der Waals surface area contributed by atoms with E-state index in [1.54, 1.807) is 18.6 Å². The number of benzene rings is 4. The summed E-state index contributed by atoms with van der Waals surface area (Å²) in [4.78, 5) is 45.6. The first-order chi connectivity index (χ1) is 39.5. The highest BCUT2D eigenvalue weighted by Gasteiger charge is 2.59. The standard InChI is InChI=1S/C70H80O11/c1-40(37-72)51-27-23-41-18-21-45-34-44(41)20-19-42-10-4-6-15-57(42)69(2)66(80-67(51)75)65(63-60(81-69)31-30-55-56(38-73)62(68(76)79-64(55)63)47(32-33-71)39-77-3)78-61(74)36-48-35-46(24-28-52(45)48)53-14-9-17-59-54(53)29-26-50-13-8-12-49-25-22-43-11-5-7-16-58(43)70(49,50)59/h5,7,9,11,14,16-18,21,24,28,30-31,34,42,46-50,52,57,65-66,71-73H,4,6,8,10,12-13,15,19-20,22-23,25-27,29,32-33,35-39H2,1-3H3. The number of fused-ring (bicyclic) bond motifs is 10. The fraction of sp³-hybridized carbons (Fsp3) is 0.529. The van der Waals surface area contributed by atoms with Crippen molar-refractivity contribution in [2.24, 2.45) is 29.6 Å². The van der Waals surface area contributed by atoms with Crippen molar-refractivity contribution in [1.29, 1.82) is 0 Å². The molecule has 5 bridgehead atoms. The van der Waals surface area contributed by atoms with Crippen LogP contribution in [0.2, 0.25) is 0 Å². The summed E-state index contributed by atoms with van der Waals surface area (Å²) in [5.41, 5.74) is 10.8. The molecule has 8 aliphatic rings. The number of esters is 2. The quantitative estimate of drug-likeness (QED) is 0.0587. The van der Waals surface area contributed by atoms with Crippen LogP contribution in [-0.4, -0.2) is 65.9 Å². The molecule has 0 amide bonds. The van der Waals surface area contributed by atoms with E-state index in [4.69, 9.17) is 23.4 Å². The van der Waals surface area contributed by atoms with Gasteiger partial charge >= 0.3 is 17.6 Å². The fourth-order valence-corrected chi connectivity index (χ4v) is 18.1. The van der Waals surface area contributed by atoms with Gasteiger partial charge in [-0.25, -0.2) is 9.59 Å². The number of methoxy groups -OCH3 is 1. The first-order valence-electron chi connectivity index (χ1n) is 30.7. The molecule has 4 heterocycles. The minimum Gasteiger partial charge on any atom is -0.483 e. The zero-order valence-corrected chi connectivity index (χ0v) is 47.5. The van der Waals surface area contributed by atoms with Crippen molar-refractivity contribution in [1.82, 2.24) is 0 Å². The van der Waals surface area contributed by atoms with E-state index in [9.17, 15) is 20.1 Å². The maximum absolute atomic E-state index is 15.8. The lowest BCUT2D eigenvalue weighted by atomic mass is 9.46. The Balaban J connectivity index is 0.983. The summed E-state index contributed by atoms with van der Waals surface area (Å²) in [5, 5.41) is 32.5. The number of aryl methyl sites for hydroxylation is 3. The summed E-state index contributed by atoms with van der Waals surface area (Å²) in [6.07, 6.45) is 17.9. The fourth-order valence-electron chi connectivity index (χ4n) is 18.1. The van der Waals surface area contributed by atoms with Gasteiger partial charge in [0.1, 0.15) is 11.3 Å². The van der Waals surface area contributed by atoms with Gasteiger partial charge in [0.25, 0.3) is 0 Å². The van der Waals surface area contributed by atoms with Crippen molar-refractivity contribution in [2.75, 3.05) is 26.9 Å². The predicted octanol–water partition coefficient (Wildman–Crippen LogP) is 12.2. The molecule has 11 heteroatoms. The molecule has 3 N–H and O–H groups in total. The Hall–Kier alpha value is -5.85. The van der Waals surface area contributed by atoms with Crippen LogP contribution >= 0.6 is 0 Å². The first kappa shape index (κ1) is 54.4. The van der Waals surface area contributed by atoms with Gasteiger partial charge in [-0.1, -0.05) is 98.5 Å². The van der Waals surface area contributed by atoms with Crippen LogP contribution in [0.15, 0.2) is 105 Å². The second-order valence-electron chi connectivity index (χ2n) is 25.6. The Morgan fingerprint density at radius 1 is 0.765 bits per heavy atom. The summed E-state index contributed by atoms with van der Waals surface area (Å²) in [6.45, 7) is 2.77. The van der Waals surface area contributed by atoms with E-state index in [1.807, 2.05) is 13.0 Å². The molecular formula is C70H80O11. The normalized spacial score (nSPS) is 31.5. The topological polar surface area (TPSA) is 162 Å². The van der Waals surface area contributed by atoms with E-state index < -0.39 is 47.9 Å². The van der Waals surface area contributed by atoms with E-state index in [2.05, 4.69) is 72.8 Å². The van der Waals surface area contributed by atoms with Gasteiger partial charge in [0.05, 0.1) is 25.4 Å². The highest BCUT2D eigenvalue weighted by molar-refractivity contribution is 5.90. The molecule has 3 aliphatic heterocycles. The van der Waals surface area contributed by atoms with Gasteiger partial charge in [0, 0.05) is 65.7 Å². The van der Waals surface area contributed by atoms with Crippen molar-refractivity contribution >= 4 is 22.9 Å². The molecule has 2 fully saturated rings. The molecule has 1 spiro atoms. The number of aliphatic hydroxyl groups is 3. The molecule has 13 rings (SSSR count). The van der Waals surface area contributed by atoms with Crippen molar-refractivity contribution < 1.29 is 48.3 Å². The number of rotatable bonds is 8. The molecule has 4 aromatic carbocycles. The average molecular weight is 1100 g/mol. The zero-order valence-electron chi connectivity index (χ0n) is 47.5. The summed E-state index contributed by atoms with van der Waals surface area (Å²) in [7, 11) is 1.52. The Bertz CT molecular complexity index is 3370. The molecule has 426 valence electrons. The van der Waals surface area contributed by atoms with Crippen LogP contribution in [0, 0.1) is 29.6 Å². The summed E-state index contributed by atoms with van der Waals surface area (Å²) in [5.74, 6) is -0.328. The average Bonchev–Trinajstić information content (AvgIpc) is 3.66. The maximum Gasteiger partial charge on any atom is 0.340 e. The van der Waals surface area contributed by atoms with Gasteiger partial charge in [-0.2, -0.15) is 0 Å². The summed E-state index contributed by atoms with van der Waals surface area (Å²) >= 11 is 0. The second kappa shape index (κ2) is 22.0. The molecule has 2 saturated carbocycles. The van der Waals surface area contributed by atoms with Crippen LogP contribution in [-0.2, 0) is 61.5 Å². The summed E-state index contributed by atoms with van der Waals surface area (Å²) in [6, 6.07) is 26.9. The van der Waals surface area contributed by atoms with Gasteiger partial charge in [-0.05, 0) is 189 Å². The van der Waals surface area contributed by atoms with E-state index in [1.165, 1.54) is 72.6 Å². The first-order valence-corrected chi connectivity index (χ1v) is 30.7. The van der Waals surface area contributed by atoms with Crippen molar-refractivity contribution in [2.45, 2.75) is 177 Å². The minimum absolute atomic E-state index is 0.00153. The maximum atomic E-state index is 15.8. The molecule has 5 aromatic rings. The highest BCUT2D eigenvalue weighted by Crippen LogP contribution is 2.62. The Morgan fingerprint density at radius 2 is 1.57 bits per heavy atom. The van der Waals surface area contributed by atoms with E-state index in [0.717, 1.165) is 63.4 Å². The van der Waals surface area contributed by atoms with Gasteiger partial charge in [-0.3, -0.25) is 4.79 Å².